The summed E-state index contributed by atoms with van der Waals surface area (Å²) in [6.07, 6.45) is -3.63. The van der Waals surface area contributed by atoms with Crippen molar-refractivity contribution in [2.24, 2.45) is 5.92 Å². The number of aromatic nitrogens is 4. The highest BCUT2D eigenvalue weighted by Crippen LogP contribution is 2.33. The van der Waals surface area contributed by atoms with Crippen LogP contribution in [0.4, 0.5) is 13.2 Å². The summed E-state index contributed by atoms with van der Waals surface area (Å²) in [5, 5.41) is 5.15. The van der Waals surface area contributed by atoms with E-state index in [2.05, 4.69) is 5.10 Å². The van der Waals surface area contributed by atoms with Crippen LogP contribution in [0.1, 0.15) is 24.0 Å². The van der Waals surface area contributed by atoms with E-state index >= 15 is 0 Å². The number of piperidine rings is 1. The highest BCUT2D eigenvalue weighted by molar-refractivity contribution is 7.71. The van der Waals surface area contributed by atoms with E-state index in [9.17, 15) is 18.0 Å². The lowest BCUT2D eigenvalue weighted by Crippen LogP contribution is -2.42. The van der Waals surface area contributed by atoms with Gasteiger partial charge in [0.2, 0.25) is 10.5 Å². The molecular formula is C24H24F3N5OS. The maximum absolute atomic E-state index is 13.6. The quantitative estimate of drug-likeness (QED) is 0.381. The van der Waals surface area contributed by atoms with Crippen LogP contribution in [0.25, 0.3) is 22.4 Å². The third-order valence-corrected chi connectivity index (χ3v) is 7.11. The van der Waals surface area contributed by atoms with Crippen LogP contribution in [0, 0.1) is 24.5 Å². The lowest BCUT2D eigenvalue weighted by atomic mass is 9.98. The van der Waals surface area contributed by atoms with Gasteiger partial charge in [0.25, 0.3) is 5.56 Å². The average molecular weight is 488 g/mol. The van der Waals surface area contributed by atoms with Crippen molar-refractivity contribution in [1.29, 1.82) is 0 Å². The van der Waals surface area contributed by atoms with Crippen LogP contribution in [-0.2, 0) is 6.67 Å². The van der Waals surface area contributed by atoms with Gasteiger partial charge in [0, 0.05) is 6.54 Å². The molecule has 5 rings (SSSR count). The number of hydrogen-bond donors (Lipinski definition) is 0. The van der Waals surface area contributed by atoms with E-state index < -0.39 is 12.1 Å². The van der Waals surface area contributed by atoms with Crippen LogP contribution >= 0.6 is 12.2 Å². The van der Waals surface area contributed by atoms with Crippen molar-refractivity contribution in [3.05, 3.63) is 68.7 Å². The average Bonchev–Trinajstić information content (AvgIpc) is 3.12. The van der Waals surface area contributed by atoms with Crippen molar-refractivity contribution in [3.63, 3.8) is 0 Å². The smallest absolute Gasteiger partial charge is 0.284 e. The number of nitrogens with zero attached hydrogens (tertiary/aromatic N) is 5. The molecule has 0 spiro atoms. The van der Waals surface area contributed by atoms with Gasteiger partial charge in [-0.05, 0) is 74.8 Å². The molecule has 0 N–H and O–H groups in total. The summed E-state index contributed by atoms with van der Waals surface area (Å²) in [5.74, 6) is -1.02. The first-order valence-electron chi connectivity index (χ1n) is 11.2. The Morgan fingerprint density at radius 3 is 2.65 bits per heavy atom. The third-order valence-electron chi connectivity index (χ3n) is 6.72. The topological polar surface area (TPSA) is 47.5 Å². The zero-order valence-electron chi connectivity index (χ0n) is 18.8. The van der Waals surface area contributed by atoms with Crippen LogP contribution in [0.3, 0.4) is 0 Å². The maximum Gasteiger partial charge on any atom is 0.393 e. The molecule has 0 aliphatic carbocycles. The minimum absolute atomic E-state index is 0.0936. The number of aryl methyl sites for hydroxylation is 1. The summed E-state index contributed by atoms with van der Waals surface area (Å²) in [6.45, 7) is 4.48. The second-order valence-corrected chi connectivity index (χ2v) is 9.26. The number of para-hydroxylation sites is 1. The van der Waals surface area contributed by atoms with Crippen molar-refractivity contribution in [1.82, 2.24) is 23.6 Å². The monoisotopic (exact) mass is 487 g/mol. The summed E-state index contributed by atoms with van der Waals surface area (Å²) < 4.78 is 45.1. The number of halogens is 3. The van der Waals surface area contributed by atoms with Gasteiger partial charge >= 0.3 is 6.18 Å². The molecule has 1 atom stereocenters. The molecule has 3 heterocycles. The fourth-order valence-corrected chi connectivity index (χ4v) is 5.02. The predicted molar refractivity (Wildman–Crippen MR) is 127 cm³/mol. The van der Waals surface area contributed by atoms with Gasteiger partial charge in [0.15, 0.2) is 0 Å². The summed E-state index contributed by atoms with van der Waals surface area (Å²) in [6, 6.07) is 12.9. The molecule has 1 fully saturated rings. The largest absolute Gasteiger partial charge is 0.393 e. The first-order valence-corrected chi connectivity index (χ1v) is 11.6. The van der Waals surface area contributed by atoms with Gasteiger partial charge in [-0.1, -0.05) is 24.3 Å². The Kier molecular flexibility index (Phi) is 5.60. The minimum atomic E-state index is -4.22. The van der Waals surface area contributed by atoms with Crippen molar-refractivity contribution in [2.45, 2.75) is 39.5 Å². The zero-order valence-corrected chi connectivity index (χ0v) is 19.7. The van der Waals surface area contributed by atoms with E-state index in [4.69, 9.17) is 12.2 Å². The fourth-order valence-electron chi connectivity index (χ4n) is 4.74. The molecule has 2 aromatic heterocycles. The Balaban J connectivity index is 1.71. The third kappa shape index (κ3) is 3.74. The van der Waals surface area contributed by atoms with Crippen LogP contribution in [-0.4, -0.2) is 42.9 Å². The molecular weight excluding hydrogens is 463 g/mol. The number of benzene rings is 2. The second kappa shape index (κ2) is 8.35. The van der Waals surface area contributed by atoms with Crippen molar-refractivity contribution in [3.8, 4) is 5.69 Å². The minimum Gasteiger partial charge on any atom is -0.284 e. The molecule has 1 unspecified atom stereocenters. The van der Waals surface area contributed by atoms with Gasteiger partial charge in [-0.25, -0.2) is 9.25 Å². The Bertz CT molecular complexity index is 1520. The lowest BCUT2D eigenvalue weighted by molar-refractivity contribution is -0.188. The molecule has 0 saturated carbocycles. The Morgan fingerprint density at radius 2 is 1.88 bits per heavy atom. The standard InChI is InChI=1S/C24H24F3N5OS/c1-15-7-5-11-19(16(15)2)31-21(33)18-9-3-4-10-20(18)32-22(31)28-30(23(32)34)14-29-12-6-8-17(13-29)24(25,26)27/h3-5,7,9-11,17H,6,8,12-14H2,1-2H3. The van der Waals surface area contributed by atoms with Crippen molar-refractivity contribution in [2.75, 3.05) is 13.1 Å². The van der Waals surface area contributed by atoms with Gasteiger partial charge in [-0.2, -0.15) is 13.2 Å². The number of alkyl halides is 3. The number of hydrogen-bond acceptors (Lipinski definition) is 4. The van der Waals surface area contributed by atoms with E-state index in [0.29, 0.717) is 40.1 Å². The summed E-state index contributed by atoms with van der Waals surface area (Å²) in [4.78, 5) is 15.3. The molecule has 0 radical (unpaired) electrons. The second-order valence-electron chi connectivity index (χ2n) is 8.89. The van der Waals surface area contributed by atoms with Crippen molar-refractivity contribution < 1.29 is 13.2 Å². The van der Waals surface area contributed by atoms with E-state index in [0.717, 1.165) is 11.1 Å². The van der Waals surface area contributed by atoms with E-state index in [1.807, 2.05) is 38.1 Å². The van der Waals surface area contributed by atoms with Gasteiger partial charge < -0.3 is 0 Å². The number of fused-ring (bicyclic) bond motifs is 3. The highest BCUT2D eigenvalue weighted by Gasteiger charge is 2.41. The fraction of sp³-hybridized carbons (Fsp3) is 0.375. The molecule has 2 aromatic carbocycles. The van der Waals surface area contributed by atoms with Gasteiger partial charge in [-0.3, -0.25) is 14.1 Å². The first kappa shape index (κ1) is 22.8. The number of likely N-dealkylation sites (tertiary alicyclic amines) is 1. The molecule has 1 saturated heterocycles. The zero-order chi connectivity index (χ0) is 24.2. The predicted octanol–water partition coefficient (Wildman–Crippen LogP) is 5.02. The summed E-state index contributed by atoms with van der Waals surface area (Å²) in [5.41, 5.74) is 3.06. The SMILES string of the molecule is Cc1cccc(-n2c(=O)c3ccccc3n3c(=S)n(CN4CCCC(C(F)(F)F)C4)nc23)c1C. The van der Waals surface area contributed by atoms with Crippen LogP contribution < -0.4 is 5.56 Å². The van der Waals surface area contributed by atoms with Gasteiger partial charge in [0.05, 0.1) is 29.2 Å². The molecule has 4 aromatic rings. The van der Waals surface area contributed by atoms with Crippen LogP contribution in [0.2, 0.25) is 0 Å². The molecule has 10 heteroatoms. The first-order chi connectivity index (χ1) is 16.2. The van der Waals surface area contributed by atoms with Gasteiger partial charge in [-0.15, -0.1) is 5.10 Å². The molecule has 1 aliphatic heterocycles. The number of rotatable bonds is 3. The van der Waals surface area contributed by atoms with E-state index in [1.54, 1.807) is 32.1 Å². The molecule has 6 nitrogen and oxygen atoms in total. The van der Waals surface area contributed by atoms with Crippen LogP contribution in [0.5, 0.6) is 0 Å². The Hall–Kier alpha value is -2.98. The highest BCUT2D eigenvalue weighted by atomic mass is 32.1. The Labute approximate surface area is 198 Å². The van der Waals surface area contributed by atoms with Crippen molar-refractivity contribution >= 4 is 28.9 Å². The normalized spacial score (nSPS) is 17.6. The van der Waals surface area contributed by atoms with Gasteiger partial charge in [0.1, 0.15) is 0 Å². The van der Waals surface area contributed by atoms with Crippen LogP contribution in [0.15, 0.2) is 47.3 Å². The summed E-state index contributed by atoms with van der Waals surface area (Å²) >= 11 is 5.74. The van der Waals surface area contributed by atoms with E-state index in [-0.39, 0.29) is 25.2 Å². The maximum atomic E-state index is 13.6. The molecule has 0 bridgehead atoms. The Morgan fingerprint density at radius 1 is 1.12 bits per heavy atom. The summed E-state index contributed by atoms with van der Waals surface area (Å²) in [7, 11) is 0. The molecule has 178 valence electrons. The molecule has 34 heavy (non-hydrogen) atoms. The molecule has 1 aliphatic rings. The lowest BCUT2D eigenvalue weighted by Gasteiger charge is -2.33. The van der Waals surface area contributed by atoms with E-state index in [1.165, 1.54) is 4.68 Å². The molecule has 0 amide bonds.